The van der Waals surface area contributed by atoms with Crippen molar-refractivity contribution in [3.05, 3.63) is 70.8 Å². The molecule has 0 fully saturated rings. The van der Waals surface area contributed by atoms with E-state index in [1.807, 2.05) is 18.2 Å². The normalized spacial score (nSPS) is 11.2. The first-order valence-corrected chi connectivity index (χ1v) is 7.14. The number of esters is 1. The third kappa shape index (κ3) is 3.76. The molecule has 0 amide bonds. The Kier molecular flexibility index (Phi) is 4.39. The van der Waals surface area contributed by atoms with Crippen molar-refractivity contribution in [2.45, 2.75) is 6.61 Å². The van der Waals surface area contributed by atoms with Crippen LogP contribution in [-0.2, 0) is 16.1 Å². The number of hydrogen-bond acceptors (Lipinski definition) is 4. The van der Waals surface area contributed by atoms with Crippen LogP contribution in [-0.4, -0.2) is 11.0 Å². The summed E-state index contributed by atoms with van der Waals surface area (Å²) in [5.41, 5.74) is 1.93. The Balaban J connectivity index is 1.60. The van der Waals surface area contributed by atoms with Crippen LogP contribution in [0.3, 0.4) is 0 Å². The molecule has 23 heavy (non-hydrogen) atoms. The van der Waals surface area contributed by atoms with E-state index in [1.54, 1.807) is 6.07 Å². The summed E-state index contributed by atoms with van der Waals surface area (Å²) in [5, 5.41) is -0.00741. The smallest absolute Gasteiger partial charge is 0.331 e. The largest absolute Gasteiger partial charge is 0.453 e. The minimum atomic E-state index is -0.562. The summed E-state index contributed by atoms with van der Waals surface area (Å²) in [6, 6.07) is 11.4. The zero-order valence-corrected chi connectivity index (χ0v) is 12.6. The molecule has 0 aliphatic carbocycles. The van der Waals surface area contributed by atoms with Crippen LogP contribution in [0.1, 0.15) is 11.5 Å². The van der Waals surface area contributed by atoms with Crippen LogP contribution in [0.5, 0.6) is 0 Å². The topological polar surface area (TPSA) is 52.3 Å². The zero-order chi connectivity index (χ0) is 16.2. The number of carbonyl (C=O) groups is 1. The number of halogens is 2. The fourth-order valence-electron chi connectivity index (χ4n) is 1.94. The second kappa shape index (κ2) is 6.62. The highest BCUT2D eigenvalue weighted by molar-refractivity contribution is 6.30. The molecule has 0 bridgehead atoms. The molecule has 0 N–H and O–H groups in total. The predicted molar refractivity (Wildman–Crippen MR) is 84.2 cm³/mol. The molecule has 0 spiro atoms. The lowest BCUT2D eigenvalue weighted by atomic mass is 10.2. The summed E-state index contributed by atoms with van der Waals surface area (Å²) in [6.07, 6.45) is 2.71. The van der Waals surface area contributed by atoms with Crippen molar-refractivity contribution in [3.63, 3.8) is 0 Å². The van der Waals surface area contributed by atoms with Gasteiger partial charge in [0.1, 0.15) is 11.3 Å². The Hall–Kier alpha value is -2.66. The van der Waals surface area contributed by atoms with E-state index in [2.05, 4.69) is 4.98 Å². The number of aromatic nitrogens is 1. The highest BCUT2D eigenvalue weighted by Crippen LogP contribution is 2.17. The van der Waals surface area contributed by atoms with E-state index in [9.17, 15) is 9.18 Å². The van der Waals surface area contributed by atoms with Crippen molar-refractivity contribution in [1.29, 1.82) is 0 Å². The first-order valence-electron chi connectivity index (χ1n) is 6.76. The third-order valence-corrected chi connectivity index (χ3v) is 3.32. The van der Waals surface area contributed by atoms with Gasteiger partial charge in [0.05, 0.1) is 5.02 Å². The van der Waals surface area contributed by atoms with E-state index in [-0.39, 0.29) is 11.6 Å². The van der Waals surface area contributed by atoms with Gasteiger partial charge < -0.3 is 9.15 Å². The van der Waals surface area contributed by atoms with Gasteiger partial charge in [-0.25, -0.2) is 14.2 Å². The Morgan fingerprint density at radius 2 is 2.13 bits per heavy atom. The minimum absolute atomic E-state index is 0.00741. The maximum atomic E-state index is 13.0. The Labute approximate surface area is 136 Å². The van der Waals surface area contributed by atoms with Gasteiger partial charge >= 0.3 is 5.97 Å². The second-order valence-electron chi connectivity index (χ2n) is 4.69. The van der Waals surface area contributed by atoms with Gasteiger partial charge in [-0.05, 0) is 35.9 Å². The summed E-state index contributed by atoms with van der Waals surface area (Å²) in [7, 11) is 0. The number of benzene rings is 2. The molecule has 0 atom stereocenters. The highest BCUT2D eigenvalue weighted by atomic mass is 35.5. The van der Waals surface area contributed by atoms with Crippen LogP contribution in [0, 0.1) is 5.82 Å². The Bertz CT molecular complexity index is 855. The molecule has 1 aromatic heterocycles. The van der Waals surface area contributed by atoms with E-state index in [4.69, 9.17) is 20.8 Å². The van der Waals surface area contributed by atoms with Crippen molar-refractivity contribution >= 4 is 34.7 Å². The molecule has 6 heteroatoms. The molecule has 0 aliphatic heterocycles. The molecule has 0 unspecified atom stereocenters. The summed E-state index contributed by atoms with van der Waals surface area (Å²) < 4.78 is 23.5. The van der Waals surface area contributed by atoms with E-state index in [0.29, 0.717) is 22.6 Å². The zero-order valence-electron chi connectivity index (χ0n) is 11.8. The molecule has 0 aliphatic rings. The summed E-state index contributed by atoms with van der Waals surface area (Å²) >= 11 is 5.66. The number of para-hydroxylation sites is 2. The number of rotatable bonds is 4. The fourth-order valence-corrected chi connectivity index (χ4v) is 2.13. The molecular weight excluding hydrogens is 321 g/mol. The molecule has 0 saturated heterocycles. The summed E-state index contributed by atoms with van der Waals surface area (Å²) in [6.45, 7) is -0.0674. The number of fused-ring (bicyclic) bond motifs is 1. The lowest BCUT2D eigenvalue weighted by molar-refractivity contribution is -0.139. The van der Waals surface area contributed by atoms with E-state index in [1.165, 1.54) is 30.4 Å². The van der Waals surface area contributed by atoms with Crippen molar-refractivity contribution in [2.75, 3.05) is 0 Å². The fraction of sp³-hybridized carbons (Fsp3) is 0.0588. The van der Waals surface area contributed by atoms with Crippen molar-refractivity contribution in [1.82, 2.24) is 4.98 Å². The molecule has 4 nitrogen and oxygen atoms in total. The van der Waals surface area contributed by atoms with Gasteiger partial charge in [-0.2, -0.15) is 0 Å². The van der Waals surface area contributed by atoms with Crippen LogP contribution in [0.2, 0.25) is 5.02 Å². The third-order valence-electron chi connectivity index (χ3n) is 3.03. The molecule has 0 saturated carbocycles. The van der Waals surface area contributed by atoms with Crippen molar-refractivity contribution < 1.29 is 18.3 Å². The van der Waals surface area contributed by atoms with Crippen LogP contribution in [0.15, 0.2) is 53.0 Å². The first kappa shape index (κ1) is 15.2. The van der Waals surface area contributed by atoms with E-state index >= 15 is 0 Å². The maximum absolute atomic E-state index is 13.0. The average molecular weight is 332 g/mol. The van der Waals surface area contributed by atoms with Gasteiger partial charge in [0.2, 0.25) is 5.89 Å². The van der Waals surface area contributed by atoms with E-state index < -0.39 is 11.8 Å². The van der Waals surface area contributed by atoms with Gasteiger partial charge in [-0.3, -0.25) is 0 Å². The lowest BCUT2D eigenvalue weighted by Crippen LogP contribution is -2.00. The number of oxazole rings is 1. The molecule has 3 rings (SSSR count). The number of ether oxygens (including phenoxy) is 1. The quantitative estimate of drug-likeness (QED) is 0.526. The SMILES string of the molecule is O=C(/C=C/c1ccc(F)c(Cl)c1)OCc1nc2ccccc2o1. The van der Waals surface area contributed by atoms with Gasteiger partial charge in [0.25, 0.3) is 0 Å². The van der Waals surface area contributed by atoms with Crippen LogP contribution in [0.25, 0.3) is 17.2 Å². The molecule has 116 valence electrons. The molecule has 2 aromatic carbocycles. The lowest BCUT2D eigenvalue weighted by Gasteiger charge is -1.98. The molecule has 1 heterocycles. The highest BCUT2D eigenvalue weighted by Gasteiger charge is 2.07. The molecule has 0 radical (unpaired) electrons. The van der Waals surface area contributed by atoms with Crippen LogP contribution < -0.4 is 0 Å². The van der Waals surface area contributed by atoms with Gasteiger partial charge in [0.15, 0.2) is 12.2 Å². The Morgan fingerprint density at radius 3 is 2.91 bits per heavy atom. The monoisotopic (exact) mass is 331 g/mol. The van der Waals surface area contributed by atoms with Crippen molar-refractivity contribution in [3.8, 4) is 0 Å². The van der Waals surface area contributed by atoms with Crippen LogP contribution >= 0.6 is 11.6 Å². The minimum Gasteiger partial charge on any atom is -0.453 e. The standard InChI is InChI=1S/C17H11ClFNO3/c18-12-9-11(5-7-13(12)19)6-8-17(21)22-10-16-20-14-3-1-2-4-15(14)23-16/h1-9H,10H2/b8-6+. The van der Waals surface area contributed by atoms with E-state index in [0.717, 1.165) is 0 Å². The number of carbonyl (C=O) groups excluding carboxylic acids is 1. The molecule has 3 aromatic rings. The number of hydrogen-bond donors (Lipinski definition) is 0. The Morgan fingerprint density at radius 1 is 1.30 bits per heavy atom. The van der Waals surface area contributed by atoms with Gasteiger partial charge in [-0.1, -0.05) is 29.8 Å². The van der Waals surface area contributed by atoms with Crippen LogP contribution in [0.4, 0.5) is 4.39 Å². The van der Waals surface area contributed by atoms with Gasteiger partial charge in [-0.15, -0.1) is 0 Å². The predicted octanol–water partition coefficient (Wildman–Crippen LogP) is 4.38. The summed E-state index contributed by atoms with van der Waals surface area (Å²) in [4.78, 5) is 15.9. The molecular formula is C17H11ClFNO3. The van der Waals surface area contributed by atoms with Crippen molar-refractivity contribution in [2.24, 2.45) is 0 Å². The maximum Gasteiger partial charge on any atom is 0.331 e. The number of nitrogens with zero attached hydrogens (tertiary/aromatic N) is 1. The van der Waals surface area contributed by atoms with Gasteiger partial charge in [0, 0.05) is 6.08 Å². The first-order chi connectivity index (χ1) is 11.1. The second-order valence-corrected chi connectivity index (χ2v) is 5.10. The average Bonchev–Trinajstić information content (AvgIpc) is 2.97. The summed E-state index contributed by atoms with van der Waals surface area (Å²) in [5.74, 6) is -0.757.